The summed E-state index contributed by atoms with van der Waals surface area (Å²) in [6.07, 6.45) is 2.60. The molecule has 0 saturated carbocycles. The topological polar surface area (TPSA) is 50.4 Å². The number of ketones is 1. The molecule has 1 heterocycles. The minimum atomic E-state index is -0.295. The highest BCUT2D eigenvalue weighted by atomic mass is 19.1. The number of ether oxygens (including phenoxy) is 1. The molecule has 144 valence electrons. The lowest BCUT2D eigenvalue weighted by molar-refractivity contribution is -0.896. The molecule has 4 nitrogen and oxygen atoms in total. The fraction of sp³-hybridized carbons (Fsp3) is 0.217. The molecule has 28 heavy (non-hydrogen) atoms. The molecule has 0 aliphatic carbocycles. The zero-order valence-corrected chi connectivity index (χ0v) is 15.8. The number of aromatic nitrogens is 1. The average molecular weight is 380 g/mol. The lowest BCUT2D eigenvalue weighted by Gasteiger charge is -2.04. The quantitative estimate of drug-likeness (QED) is 0.472. The van der Waals surface area contributed by atoms with Gasteiger partial charge in [-0.1, -0.05) is 12.1 Å². The van der Waals surface area contributed by atoms with Crippen LogP contribution in [-0.4, -0.2) is 17.6 Å². The third-order valence-electron chi connectivity index (χ3n) is 4.43. The van der Waals surface area contributed by atoms with Gasteiger partial charge in [0, 0.05) is 29.2 Å². The monoisotopic (exact) mass is 380 g/mol. The number of halogens is 1. The van der Waals surface area contributed by atoms with Crippen LogP contribution in [0.3, 0.4) is 0 Å². The van der Waals surface area contributed by atoms with Gasteiger partial charge in [0.15, 0.2) is 0 Å². The van der Waals surface area contributed by atoms with Crippen molar-refractivity contribution < 1.29 is 23.9 Å². The van der Waals surface area contributed by atoms with E-state index in [-0.39, 0.29) is 18.0 Å². The predicted molar refractivity (Wildman–Crippen MR) is 104 cm³/mol. The van der Waals surface area contributed by atoms with Gasteiger partial charge in [0.2, 0.25) is 6.20 Å². The first-order valence-corrected chi connectivity index (χ1v) is 9.28. The maximum Gasteiger partial charge on any atom is 0.264 e. The maximum absolute atomic E-state index is 13.2. The van der Waals surface area contributed by atoms with E-state index in [9.17, 15) is 14.4 Å². The number of pyridine rings is 1. The standard InChI is InChI=1S/C23H23FNO3/c1-2-28-22-11-8-19(9-12-22)23-13-7-18(16-25(23)27)15-21(26)10-6-17-4-3-5-20(24)14-17/h3-5,7-9,11-14,16,27H,2,6,10,15H2,1H3/q+1. The minimum Gasteiger partial charge on any atom is -0.494 e. The van der Waals surface area contributed by atoms with Gasteiger partial charge in [-0.15, -0.1) is 0 Å². The van der Waals surface area contributed by atoms with Crippen LogP contribution in [0.25, 0.3) is 11.3 Å². The fourth-order valence-corrected chi connectivity index (χ4v) is 3.05. The van der Waals surface area contributed by atoms with E-state index in [4.69, 9.17) is 4.74 Å². The second-order valence-electron chi connectivity index (χ2n) is 6.57. The van der Waals surface area contributed by atoms with Crippen LogP contribution in [0.5, 0.6) is 5.75 Å². The molecule has 0 saturated heterocycles. The summed E-state index contributed by atoms with van der Waals surface area (Å²) >= 11 is 0. The second-order valence-corrected chi connectivity index (χ2v) is 6.57. The number of hydrogen-bond acceptors (Lipinski definition) is 3. The molecule has 0 amide bonds. The van der Waals surface area contributed by atoms with E-state index in [2.05, 4.69) is 0 Å². The van der Waals surface area contributed by atoms with Gasteiger partial charge in [-0.3, -0.25) is 10.0 Å². The van der Waals surface area contributed by atoms with Gasteiger partial charge in [-0.2, -0.15) is 0 Å². The van der Waals surface area contributed by atoms with Crippen molar-refractivity contribution in [3.05, 3.63) is 83.8 Å². The van der Waals surface area contributed by atoms with E-state index in [1.807, 2.05) is 43.3 Å². The summed E-state index contributed by atoms with van der Waals surface area (Å²) in [5.41, 5.74) is 2.99. The highest BCUT2D eigenvalue weighted by molar-refractivity contribution is 5.81. The van der Waals surface area contributed by atoms with Gasteiger partial charge in [0.25, 0.3) is 5.69 Å². The molecule has 0 bridgehead atoms. The van der Waals surface area contributed by atoms with E-state index in [1.165, 1.54) is 12.1 Å². The Balaban J connectivity index is 1.62. The van der Waals surface area contributed by atoms with Crippen LogP contribution in [0.2, 0.25) is 0 Å². The van der Waals surface area contributed by atoms with Gasteiger partial charge in [-0.25, -0.2) is 4.39 Å². The Bertz CT molecular complexity index is 954. The summed E-state index contributed by atoms with van der Waals surface area (Å²) < 4.78 is 19.7. The van der Waals surface area contributed by atoms with E-state index < -0.39 is 0 Å². The Labute approximate surface area is 163 Å². The lowest BCUT2D eigenvalue weighted by Crippen LogP contribution is -2.33. The highest BCUT2D eigenvalue weighted by Crippen LogP contribution is 2.20. The van der Waals surface area contributed by atoms with Gasteiger partial charge in [0.1, 0.15) is 17.3 Å². The second kappa shape index (κ2) is 9.13. The number of aryl methyl sites for hydroxylation is 1. The first kappa shape index (κ1) is 19.5. The number of carbonyl (C=O) groups excluding carboxylic acids is 1. The Kier molecular flexibility index (Phi) is 6.37. The van der Waals surface area contributed by atoms with Crippen LogP contribution >= 0.6 is 0 Å². The molecule has 0 unspecified atom stereocenters. The van der Waals surface area contributed by atoms with Crippen LogP contribution in [-0.2, 0) is 17.6 Å². The predicted octanol–water partition coefficient (Wildman–Crippen LogP) is 4.16. The van der Waals surface area contributed by atoms with Crippen LogP contribution in [0.1, 0.15) is 24.5 Å². The number of nitrogens with zero attached hydrogens (tertiary/aromatic N) is 1. The van der Waals surface area contributed by atoms with Gasteiger partial charge in [-0.05, 0) is 61.4 Å². The lowest BCUT2D eigenvalue weighted by atomic mass is 10.0. The summed E-state index contributed by atoms with van der Waals surface area (Å²) in [5.74, 6) is 0.519. The van der Waals surface area contributed by atoms with Crippen molar-refractivity contribution in [2.24, 2.45) is 0 Å². The summed E-state index contributed by atoms with van der Waals surface area (Å²) in [6.45, 7) is 2.52. The van der Waals surface area contributed by atoms with Crippen LogP contribution in [0.15, 0.2) is 66.9 Å². The van der Waals surface area contributed by atoms with Crippen molar-refractivity contribution in [2.45, 2.75) is 26.2 Å². The third kappa shape index (κ3) is 5.16. The van der Waals surface area contributed by atoms with E-state index >= 15 is 0 Å². The molecule has 3 aromatic rings. The molecule has 1 N–H and O–H groups in total. The van der Waals surface area contributed by atoms with Crippen molar-refractivity contribution in [3.8, 4) is 17.0 Å². The van der Waals surface area contributed by atoms with Crippen molar-refractivity contribution >= 4 is 5.78 Å². The Hall–Kier alpha value is -3.21. The summed E-state index contributed by atoms with van der Waals surface area (Å²) in [6, 6.07) is 17.3. The molecule has 5 heteroatoms. The van der Waals surface area contributed by atoms with Crippen molar-refractivity contribution in [3.63, 3.8) is 0 Å². The number of carbonyl (C=O) groups is 1. The molecule has 3 rings (SSSR count). The largest absolute Gasteiger partial charge is 0.494 e. The molecular formula is C23H23FNO3+. The minimum absolute atomic E-state index is 0.0399. The number of rotatable bonds is 8. The third-order valence-corrected chi connectivity index (χ3v) is 4.43. The Morgan fingerprint density at radius 3 is 2.54 bits per heavy atom. The molecule has 0 radical (unpaired) electrons. The van der Waals surface area contributed by atoms with Crippen LogP contribution in [0.4, 0.5) is 4.39 Å². The average Bonchev–Trinajstić information content (AvgIpc) is 2.68. The zero-order valence-electron chi connectivity index (χ0n) is 15.8. The van der Waals surface area contributed by atoms with Crippen LogP contribution < -0.4 is 9.47 Å². The van der Waals surface area contributed by atoms with E-state index in [1.54, 1.807) is 18.3 Å². The zero-order chi connectivity index (χ0) is 19.9. The molecule has 0 atom stereocenters. The number of benzene rings is 2. The van der Waals surface area contributed by atoms with Crippen molar-refractivity contribution in [1.82, 2.24) is 0 Å². The van der Waals surface area contributed by atoms with Gasteiger partial charge < -0.3 is 4.74 Å². The van der Waals surface area contributed by atoms with E-state index in [0.29, 0.717) is 25.1 Å². The number of hydrogen-bond donors (Lipinski definition) is 1. The first-order valence-electron chi connectivity index (χ1n) is 9.28. The normalized spacial score (nSPS) is 10.6. The van der Waals surface area contributed by atoms with Gasteiger partial charge in [0.05, 0.1) is 12.2 Å². The van der Waals surface area contributed by atoms with Crippen molar-refractivity contribution in [1.29, 1.82) is 0 Å². The fourth-order valence-electron chi connectivity index (χ4n) is 3.05. The molecular weight excluding hydrogens is 357 g/mol. The summed E-state index contributed by atoms with van der Waals surface area (Å²) in [7, 11) is 0. The molecule has 1 aromatic heterocycles. The molecule has 2 aromatic carbocycles. The maximum atomic E-state index is 13.2. The molecule has 0 spiro atoms. The van der Waals surface area contributed by atoms with Crippen molar-refractivity contribution in [2.75, 3.05) is 6.61 Å². The van der Waals surface area contributed by atoms with Gasteiger partial charge >= 0.3 is 0 Å². The SMILES string of the molecule is CCOc1ccc(-c2ccc(CC(=O)CCc3cccc(F)c3)c[n+]2O)cc1. The Morgan fingerprint density at radius 2 is 1.86 bits per heavy atom. The highest BCUT2D eigenvalue weighted by Gasteiger charge is 2.15. The smallest absolute Gasteiger partial charge is 0.264 e. The summed E-state index contributed by atoms with van der Waals surface area (Å²) in [5, 5.41) is 10.3. The first-order chi connectivity index (χ1) is 13.5. The molecule has 0 fully saturated rings. The Morgan fingerprint density at radius 1 is 1.07 bits per heavy atom. The molecule has 0 aliphatic heterocycles. The van der Waals surface area contributed by atoms with Crippen LogP contribution in [0, 0.1) is 5.82 Å². The summed E-state index contributed by atoms with van der Waals surface area (Å²) in [4.78, 5) is 12.2. The number of Topliss-reactive ketones (excluding diaryl/α,β-unsaturated/α-hetero) is 1. The van der Waals surface area contributed by atoms with E-state index in [0.717, 1.165) is 27.2 Å². The molecule has 0 aliphatic rings.